The summed E-state index contributed by atoms with van der Waals surface area (Å²) in [4.78, 5) is 29.7. The summed E-state index contributed by atoms with van der Waals surface area (Å²) < 4.78 is 16.6. The first kappa shape index (κ1) is 21.4. The van der Waals surface area contributed by atoms with Crippen molar-refractivity contribution in [2.75, 3.05) is 46.4 Å². The van der Waals surface area contributed by atoms with Crippen molar-refractivity contribution in [3.8, 4) is 11.5 Å². The Balaban J connectivity index is 1.39. The van der Waals surface area contributed by atoms with Crippen molar-refractivity contribution in [2.45, 2.75) is 18.9 Å². The molecule has 2 N–H and O–H groups in total. The number of likely N-dealkylation sites (tertiary alicyclic amines) is 1. The molecule has 0 aliphatic carbocycles. The molecule has 33 heavy (non-hydrogen) atoms. The SMILES string of the molecule is COc1c(OC[C@@H](O)CN2CCCC2)ccc2c1N=C(NC(=O)c1cnco1)N1CCN=C21. The molecule has 1 fully saturated rings. The van der Waals surface area contributed by atoms with Crippen molar-refractivity contribution < 1.29 is 23.8 Å². The number of carbonyl (C=O) groups is 1. The number of hydrogen-bond acceptors (Lipinski definition) is 10. The summed E-state index contributed by atoms with van der Waals surface area (Å²) in [6.07, 6.45) is 4.26. The van der Waals surface area contributed by atoms with Gasteiger partial charge in [0.1, 0.15) is 24.2 Å². The number of aliphatic hydroxyl groups excluding tert-OH is 1. The second kappa shape index (κ2) is 9.20. The molecule has 3 aliphatic rings. The van der Waals surface area contributed by atoms with E-state index in [0.29, 0.717) is 48.6 Å². The molecular weight excluding hydrogens is 428 g/mol. The number of rotatable bonds is 7. The molecule has 1 amide bonds. The Morgan fingerprint density at radius 1 is 1.30 bits per heavy atom. The van der Waals surface area contributed by atoms with E-state index in [9.17, 15) is 9.90 Å². The van der Waals surface area contributed by atoms with E-state index >= 15 is 0 Å². The van der Waals surface area contributed by atoms with Crippen molar-refractivity contribution >= 4 is 23.4 Å². The standard InChI is InChI=1S/C22H26N6O5/c1-31-19-16(32-12-14(29)11-27-7-2-3-8-27)5-4-15-18(19)25-22(28-9-6-24-20(15)28)26-21(30)17-10-23-13-33-17/h4-5,10,13-14,29H,2-3,6-9,11-12H2,1H3,(H,25,26,30)/t14-/m0/s1. The van der Waals surface area contributed by atoms with Crippen LogP contribution in [0.3, 0.4) is 0 Å². The summed E-state index contributed by atoms with van der Waals surface area (Å²) in [6.45, 7) is 3.90. The van der Waals surface area contributed by atoms with Gasteiger partial charge in [0.25, 0.3) is 5.91 Å². The number of guanidine groups is 1. The van der Waals surface area contributed by atoms with Crippen LogP contribution in [-0.4, -0.2) is 90.1 Å². The fourth-order valence-electron chi connectivity index (χ4n) is 4.29. The zero-order valence-corrected chi connectivity index (χ0v) is 18.4. The molecule has 4 heterocycles. The predicted molar refractivity (Wildman–Crippen MR) is 119 cm³/mol. The van der Waals surface area contributed by atoms with Crippen molar-refractivity contribution in [1.82, 2.24) is 20.1 Å². The number of nitrogens with zero attached hydrogens (tertiary/aromatic N) is 5. The topological polar surface area (TPSA) is 125 Å². The van der Waals surface area contributed by atoms with E-state index in [4.69, 9.17) is 13.9 Å². The maximum absolute atomic E-state index is 12.5. The molecule has 0 bridgehead atoms. The number of aromatic nitrogens is 1. The van der Waals surface area contributed by atoms with E-state index in [2.05, 4.69) is 25.2 Å². The molecule has 1 saturated heterocycles. The summed E-state index contributed by atoms with van der Waals surface area (Å²) in [5.74, 6) is 1.53. The molecule has 2 aromatic rings. The first-order chi connectivity index (χ1) is 16.1. The molecule has 0 radical (unpaired) electrons. The fourth-order valence-corrected chi connectivity index (χ4v) is 4.29. The van der Waals surface area contributed by atoms with Gasteiger partial charge in [-0.05, 0) is 38.1 Å². The van der Waals surface area contributed by atoms with Crippen molar-refractivity contribution in [3.63, 3.8) is 0 Å². The van der Waals surface area contributed by atoms with E-state index in [1.54, 1.807) is 6.07 Å². The van der Waals surface area contributed by atoms with Crippen LogP contribution in [0.2, 0.25) is 0 Å². The zero-order chi connectivity index (χ0) is 22.8. The van der Waals surface area contributed by atoms with Crippen molar-refractivity contribution in [3.05, 3.63) is 36.0 Å². The monoisotopic (exact) mass is 454 g/mol. The maximum Gasteiger partial charge on any atom is 0.295 e. The number of β-amino-alcohol motifs (C(OH)–C–C–N with tert-alkyl or cyclic N) is 1. The molecule has 1 aromatic carbocycles. The Kier molecular flexibility index (Phi) is 5.97. The third-order valence-electron chi connectivity index (χ3n) is 5.83. The van der Waals surface area contributed by atoms with Gasteiger partial charge in [-0.1, -0.05) is 0 Å². The largest absolute Gasteiger partial charge is 0.491 e. The van der Waals surface area contributed by atoms with Crippen molar-refractivity contribution in [1.29, 1.82) is 0 Å². The summed E-state index contributed by atoms with van der Waals surface area (Å²) >= 11 is 0. The van der Waals surface area contributed by atoms with Gasteiger partial charge in [0, 0.05) is 18.7 Å². The molecule has 11 heteroatoms. The number of nitrogens with one attached hydrogen (secondary N) is 1. The minimum atomic E-state index is -0.612. The molecule has 3 aliphatic heterocycles. The highest BCUT2D eigenvalue weighted by atomic mass is 16.5. The number of methoxy groups -OCH3 is 1. The summed E-state index contributed by atoms with van der Waals surface area (Å²) in [5, 5.41) is 13.2. The van der Waals surface area contributed by atoms with Gasteiger partial charge in [-0.3, -0.25) is 20.0 Å². The lowest BCUT2D eigenvalue weighted by Crippen LogP contribution is -2.47. The van der Waals surface area contributed by atoms with Crippen LogP contribution in [0.1, 0.15) is 29.0 Å². The van der Waals surface area contributed by atoms with Gasteiger partial charge in [-0.2, -0.15) is 0 Å². The Morgan fingerprint density at radius 2 is 2.15 bits per heavy atom. The minimum absolute atomic E-state index is 0.0808. The second-order valence-corrected chi connectivity index (χ2v) is 8.08. The van der Waals surface area contributed by atoms with Crippen LogP contribution in [0.4, 0.5) is 5.69 Å². The maximum atomic E-state index is 12.5. The van der Waals surface area contributed by atoms with E-state index in [-0.39, 0.29) is 12.4 Å². The Bertz CT molecular complexity index is 1080. The quantitative estimate of drug-likeness (QED) is 0.635. The number of hydrogen-bond donors (Lipinski definition) is 2. The lowest BCUT2D eigenvalue weighted by molar-refractivity contribution is 0.0747. The second-order valence-electron chi connectivity index (χ2n) is 8.08. The molecule has 0 saturated carbocycles. The van der Waals surface area contributed by atoms with Gasteiger partial charge in [0.05, 0.1) is 19.9 Å². The number of aliphatic hydroxyl groups is 1. The van der Waals surface area contributed by atoms with Gasteiger partial charge in [-0.15, -0.1) is 0 Å². The van der Waals surface area contributed by atoms with Gasteiger partial charge in [0.2, 0.25) is 11.7 Å². The normalized spacial score (nSPS) is 18.3. The van der Waals surface area contributed by atoms with Crippen LogP contribution >= 0.6 is 0 Å². The third-order valence-corrected chi connectivity index (χ3v) is 5.83. The molecule has 0 spiro atoms. The number of fused-ring (bicyclic) bond motifs is 3. The summed E-state index contributed by atoms with van der Waals surface area (Å²) in [5.41, 5.74) is 1.29. The number of oxazole rings is 1. The minimum Gasteiger partial charge on any atom is -0.491 e. The molecule has 1 aromatic heterocycles. The van der Waals surface area contributed by atoms with Crippen molar-refractivity contribution in [2.24, 2.45) is 9.98 Å². The molecular formula is C22H26N6O5. The number of aliphatic imine (C=N–C) groups is 2. The summed E-state index contributed by atoms with van der Waals surface area (Å²) in [7, 11) is 1.54. The van der Waals surface area contributed by atoms with Gasteiger partial charge < -0.3 is 23.9 Å². The smallest absolute Gasteiger partial charge is 0.295 e. The predicted octanol–water partition coefficient (Wildman–Crippen LogP) is 1.01. The van der Waals surface area contributed by atoms with E-state index in [1.807, 2.05) is 11.0 Å². The Morgan fingerprint density at radius 3 is 2.91 bits per heavy atom. The lowest BCUT2D eigenvalue weighted by atomic mass is 10.1. The van der Waals surface area contributed by atoms with Gasteiger partial charge in [-0.25, -0.2) is 9.98 Å². The highest BCUT2D eigenvalue weighted by Crippen LogP contribution is 2.43. The number of amides is 1. The highest BCUT2D eigenvalue weighted by molar-refractivity contribution is 6.19. The Hall–Kier alpha value is -3.44. The Labute approximate surface area is 190 Å². The first-order valence-corrected chi connectivity index (χ1v) is 11.0. The highest BCUT2D eigenvalue weighted by Gasteiger charge is 2.33. The number of amidine groups is 1. The lowest BCUT2D eigenvalue weighted by Gasteiger charge is -2.28. The average molecular weight is 454 g/mol. The van der Waals surface area contributed by atoms with Crippen LogP contribution in [0, 0.1) is 0 Å². The molecule has 1 atom stereocenters. The van der Waals surface area contributed by atoms with Gasteiger partial charge in [0.15, 0.2) is 17.9 Å². The average Bonchev–Trinajstić information content (AvgIpc) is 3.60. The molecule has 174 valence electrons. The van der Waals surface area contributed by atoms with Gasteiger partial charge >= 0.3 is 0 Å². The molecule has 5 rings (SSSR count). The number of carbonyl (C=O) groups excluding carboxylic acids is 1. The fraction of sp³-hybridized carbons (Fsp3) is 0.455. The number of ether oxygens (including phenoxy) is 2. The summed E-state index contributed by atoms with van der Waals surface area (Å²) in [6, 6.07) is 3.67. The van der Waals surface area contributed by atoms with E-state index in [0.717, 1.165) is 18.7 Å². The van der Waals surface area contributed by atoms with Crippen LogP contribution in [-0.2, 0) is 0 Å². The van der Waals surface area contributed by atoms with Crippen LogP contribution in [0.5, 0.6) is 11.5 Å². The first-order valence-electron chi connectivity index (χ1n) is 11.0. The van der Waals surface area contributed by atoms with E-state index in [1.165, 1.54) is 32.5 Å². The number of benzene rings is 1. The van der Waals surface area contributed by atoms with E-state index < -0.39 is 12.0 Å². The van der Waals surface area contributed by atoms with Crippen LogP contribution < -0.4 is 14.8 Å². The third kappa shape index (κ3) is 4.29. The molecule has 0 unspecified atom stereocenters. The van der Waals surface area contributed by atoms with Crippen LogP contribution in [0.15, 0.2) is 39.1 Å². The van der Waals surface area contributed by atoms with Crippen LogP contribution in [0.25, 0.3) is 0 Å². The zero-order valence-electron chi connectivity index (χ0n) is 18.4. The molecule has 11 nitrogen and oxygen atoms in total.